The van der Waals surface area contributed by atoms with Gasteiger partial charge in [0.2, 0.25) is 0 Å². The van der Waals surface area contributed by atoms with Crippen LogP contribution in [-0.2, 0) is 22.9 Å². The van der Waals surface area contributed by atoms with Gasteiger partial charge in [-0.1, -0.05) is 0 Å². The molecular weight excluding hydrogens is 244 g/mol. The highest BCUT2D eigenvalue weighted by Gasteiger charge is 2.36. The summed E-state index contributed by atoms with van der Waals surface area (Å²) in [6.07, 6.45) is 0.0504. The van der Waals surface area contributed by atoms with Crippen molar-refractivity contribution >= 4 is 14.7 Å². The number of carbonyl (C=O) groups excluding carboxylic acids is 1. The SMILES string of the molecule is CO[Si](CCCNC(=O)C(C)ON)(OC)OC. The maximum absolute atomic E-state index is 11.3. The maximum atomic E-state index is 11.3. The third-order valence-corrected chi connectivity index (χ3v) is 5.30. The van der Waals surface area contributed by atoms with Gasteiger partial charge in [0.05, 0.1) is 0 Å². The van der Waals surface area contributed by atoms with Crippen LogP contribution in [0.3, 0.4) is 0 Å². The monoisotopic (exact) mass is 266 g/mol. The minimum absolute atomic E-state index is 0.244. The Labute approximate surface area is 103 Å². The van der Waals surface area contributed by atoms with Crippen molar-refractivity contribution in [2.45, 2.75) is 25.5 Å². The zero-order chi connectivity index (χ0) is 13.3. The van der Waals surface area contributed by atoms with Gasteiger partial charge in [-0.3, -0.25) is 9.63 Å². The quantitative estimate of drug-likeness (QED) is 0.337. The molecule has 0 saturated carbocycles. The Bertz CT molecular complexity index is 217. The molecule has 0 aromatic rings. The molecule has 0 aromatic heterocycles. The zero-order valence-electron chi connectivity index (χ0n) is 10.8. The number of carbonyl (C=O) groups is 1. The van der Waals surface area contributed by atoms with Crippen molar-refractivity contribution in [3.05, 3.63) is 0 Å². The van der Waals surface area contributed by atoms with E-state index in [0.717, 1.165) is 0 Å². The lowest BCUT2D eigenvalue weighted by atomic mass is 10.3. The van der Waals surface area contributed by atoms with Crippen LogP contribution in [0.2, 0.25) is 6.04 Å². The normalized spacial score (nSPS) is 13.5. The zero-order valence-corrected chi connectivity index (χ0v) is 11.8. The van der Waals surface area contributed by atoms with Gasteiger partial charge in [0.25, 0.3) is 5.91 Å². The average molecular weight is 266 g/mol. The van der Waals surface area contributed by atoms with Gasteiger partial charge in [0.15, 0.2) is 6.10 Å². The first-order chi connectivity index (χ1) is 8.05. The Hall–Kier alpha value is -0.513. The minimum atomic E-state index is -2.53. The van der Waals surface area contributed by atoms with Crippen molar-refractivity contribution < 1.29 is 22.9 Å². The molecular formula is C9H22N2O5Si. The van der Waals surface area contributed by atoms with Crippen LogP contribution < -0.4 is 11.2 Å². The van der Waals surface area contributed by atoms with Crippen molar-refractivity contribution in [1.29, 1.82) is 0 Å². The highest BCUT2D eigenvalue weighted by atomic mass is 28.4. The molecule has 0 aliphatic rings. The van der Waals surface area contributed by atoms with Crippen LogP contribution in [0.5, 0.6) is 0 Å². The largest absolute Gasteiger partial charge is 0.500 e. The number of amides is 1. The number of nitrogens with two attached hydrogens (primary N) is 1. The lowest BCUT2D eigenvalue weighted by Gasteiger charge is -2.24. The fourth-order valence-corrected chi connectivity index (χ4v) is 3.00. The molecule has 102 valence electrons. The summed E-state index contributed by atoms with van der Waals surface area (Å²) >= 11 is 0. The highest BCUT2D eigenvalue weighted by molar-refractivity contribution is 6.60. The molecule has 0 aliphatic carbocycles. The first-order valence-electron chi connectivity index (χ1n) is 5.34. The van der Waals surface area contributed by atoms with Crippen molar-refractivity contribution in [1.82, 2.24) is 5.32 Å². The fraction of sp³-hybridized carbons (Fsp3) is 0.889. The van der Waals surface area contributed by atoms with E-state index >= 15 is 0 Å². The Balaban J connectivity index is 3.87. The van der Waals surface area contributed by atoms with E-state index in [1.54, 1.807) is 28.3 Å². The van der Waals surface area contributed by atoms with Crippen LogP contribution in [0, 0.1) is 0 Å². The van der Waals surface area contributed by atoms with E-state index in [4.69, 9.17) is 19.2 Å². The molecule has 1 unspecified atom stereocenters. The Morgan fingerprint density at radius 2 is 1.82 bits per heavy atom. The standard InChI is InChI=1S/C9H22N2O5Si/c1-8(16-10)9(12)11-6-5-7-17(13-2,14-3)15-4/h8H,5-7,10H2,1-4H3,(H,11,12). The second-order valence-corrected chi connectivity index (χ2v) is 6.56. The molecule has 0 bridgehead atoms. The second-order valence-electron chi connectivity index (χ2n) is 3.47. The molecule has 3 N–H and O–H groups in total. The van der Waals surface area contributed by atoms with Gasteiger partial charge in [-0.25, -0.2) is 5.90 Å². The number of hydrogen-bond acceptors (Lipinski definition) is 6. The van der Waals surface area contributed by atoms with E-state index in [1.807, 2.05) is 0 Å². The Morgan fingerprint density at radius 3 is 2.24 bits per heavy atom. The van der Waals surface area contributed by atoms with E-state index in [-0.39, 0.29) is 5.91 Å². The molecule has 1 atom stereocenters. The summed E-state index contributed by atoms with van der Waals surface area (Å²) in [5, 5.41) is 2.69. The summed E-state index contributed by atoms with van der Waals surface area (Å²) in [5.41, 5.74) is 0. The van der Waals surface area contributed by atoms with Crippen LogP contribution in [0.4, 0.5) is 0 Å². The van der Waals surface area contributed by atoms with Crippen molar-refractivity contribution in [2.75, 3.05) is 27.9 Å². The maximum Gasteiger partial charge on any atom is 0.500 e. The number of nitrogens with one attached hydrogen (secondary N) is 1. The third kappa shape index (κ3) is 5.57. The third-order valence-electron chi connectivity index (χ3n) is 2.47. The van der Waals surface area contributed by atoms with Gasteiger partial charge in [-0.15, -0.1) is 0 Å². The summed E-state index contributed by atoms with van der Waals surface area (Å²) < 4.78 is 15.7. The summed E-state index contributed by atoms with van der Waals surface area (Å²) in [5.74, 6) is 4.65. The molecule has 0 radical (unpaired) electrons. The van der Waals surface area contributed by atoms with Gasteiger partial charge in [0, 0.05) is 33.9 Å². The van der Waals surface area contributed by atoms with Crippen molar-refractivity contribution in [3.63, 3.8) is 0 Å². The molecule has 0 rings (SSSR count). The average Bonchev–Trinajstić information content (AvgIpc) is 2.38. The first-order valence-corrected chi connectivity index (χ1v) is 7.27. The van der Waals surface area contributed by atoms with E-state index in [2.05, 4.69) is 10.2 Å². The molecule has 0 fully saturated rings. The van der Waals surface area contributed by atoms with E-state index in [9.17, 15) is 4.79 Å². The predicted molar refractivity (Wildman–Crippen MR) is 63.9 cm³/mol. The summed E-state index contributed by atoms with van der Waals surface area (Å²) in [4.78, 5) is 15.7. The van der Waals surface area contributed by atoms with Gasteiger partial charge in [-0.05, 0) is 13.3 Å². The molecule has 1 amide bonds. The smallest absolute Gasteiger partial charge is 0.377 e. The molecule has 0 heterocycles. The van der Waals surface area contributed by atoms with Crippen LogP contribution in [0.15, 0.2) is 0 Å². The van der Waals surface area contributed by atoms with Crippen LogP contribution in [-0.4, -0.2) is 48.7 Å². The van der Waals surface area contributed by atoms with Crippen molar-refractivity contribution in [3.8, 4) is 0 Å². The Morgan fingerprint density at radius 1 is 1.29 bits per heavy atom. The van der Waals surface area contributed by atoms with Gasteiger partial charge < -0.3 is 18.6 Å². The fourth-order valence-electron chi connectivity index (χ4n) is 1.28. The summed E-state index contributed by atoms with van der Waals surface area (Å²) in [7, 11) is 2.14. The van der Waals surface area contributed by atoms with Gasteiger partial charge in [0.1, 0.15) is 0 Å². The summed E-state index contributed by atoms with van der Waals surface area (Å²) in [6, 6.07) is 0.634. The lowest BCUT2D eigenvalue weighted by Crippen LogP contribution is -2.43. The molecule has 0 aliphatic heterocycles. The van der Waals surface area contributed by atoms with Gasteiger partial charge in [-0.2, -0.15) is 0 Å². The predicted octanol–water partition coefficient (Wildman–Crippen LogP) is -0.350. The highest BCUT2D eigenvalue weighted by Crippen LogP contribution is 2.14. The van der Waals surface area contributed by atoms with Crippen molar-refractivity contribution in [2.24, 2.45) is 5.90 Å². The molecule has 0 spiro atoms. The lowest BCUT2D eigenvalue weighted by molar-refractivity contribution is -0.131. The molecule has 7 nitrogen and oxygen atoms in total. The minimum Gasteiger partial charge on any atom is -0.377 e. The van der Waals surface area contributed by atoms with E-state index < -0.39 is 14.9 Å². The first kappa shape index (κ1) is 16.5. The second kappa shape index (κ2) is 8.56. The van der Waals surface area contributed by atoms with Crippen LogP contribution >= 0.6 is 0 Å². The van der Waals surface area contributed by atoms with Crippen LogP contribution in [0.1, 0.15) is 13.3 Å². The summed E-state index contributed by atoms with van der Waals surface area (Å²) in [6.45, 7) is 2.07. The molecule has 17 heavy (non-hydrogen) atoms. The van der Waals surface area contributed by atoms with E-state index in [1.165, 1.54) is 0 Å². The van der Waals surface area contributed by atoms with Gasteiger partial charge >= 0.3 is 8.80 Å². The molecule has 8 heteroatoms. The topological polar surface area (TPSA) is 92.0 Å². The molecule has 0 aromatic carbocycles. The Kier molecular flexibility index (Phi) is 8.30. The number of hydrogen-bond donors (Lipinski definition) is 2. The van der Waals surface area contributed by atoms with E-state index in [0.29, 0.717) is 19.0 Å². The molecule has 0 saturated heterocycles. The van der Waals surface area contributed by atoms with Crippen LogP contribution in [0.25, 0.3) is 0 Å². The number of rotatable bonds is 9.